The lowest BCUT2D eigenvalue weighted by atomic mass is 10.0. The number of hydrogen-bond donors (Lipinski definition) is 5. The minimum absolute atomic E-state index is 0.178. The Balaban J connectivity index is 1.77. The molecule has 6 N–H and O–H groups in total. The summed E-state index contributed by atoms with van der Waals surface area (Å²) in [4.78, 5) is 57.4. The van der Waals surface area contributed by atoms with Crippen molar-refractivity contribution in [3.8, 4) is 0 Å². The van der Waals surface area contributed by atoms with Gasteiger partial charge in [-0.25, -0.2) is 9.78 Å². The average Bonchev–Trinajstić information content (AvgIpc) is 3.40. The molecular formula is C17H25N7O4. The first kappa shape index (κ1) is 19.6. The third kappa shape index (κ3) is 4.07. The number of urea groups is 1. The molecule has 1 aromatic rings. The van der Waals surface area contributed by atoms with Gasteiger partial charge in [0.15, 0.2) is 0 Å². The Bertz CT molecular complexity index is 751. The number of aromatic nitrogens is 2. The van der Waals surface area contributed by atoms with Gasteiger partial charge in [0.1, 0.15) is 18.1 Å². The Kier molecular flexibility index (Phi) is 5.81. The van der Waals surface area contributed by atoms with Crippen LogP contribution in [0.3, 0.4) is 0 Å². The normalized spacial score (nSPS) is 25.1. The number of hydrogen-bond acceptors (Lipinski definition) is 5. The fraction of sp³-hybridized carbons (Fsp3) is 0.588. The molecule has 2 aliphatic heterocycles. The van der Waals surface area contributed by atoms with E-state index in [1.807, 2.05) is 6.92 Å². The molecule has 0 radical (unpaired) electrons. The van der Waals surface area contributed by atoms with Crippen molar-refractivity contribution in [2.45, 2.75) is 56.8 Å². The number of H-pyrrole nitrogens is 1. The fourth-order valence-electron chi connectivity index (χ4n) is 3.73. The lowest BCUT2D eigenvalue weighted by molar-refractivity contribution is -0.140. The Morgan fingerprint density at radius 3 is 2.82 bits per heavy atom. The smallest absolute Gasteiger partial charge is 0.315 e. The summed E-state index contributed by atoms with van der Waals surface area (Å²) < 4.78 is 0. The molecule has 11 heteroatoms. The molecule has 4 atom stereocenters. The van der Waals surface area contributed by atoms with E-state index in [-0.39, 0.29) is 18.4 Å². The molecule has 3 rings (SSSR count). The van der Waals surface area contributed by atoms with Crippen LogP contribution in [0.25, 0.3) is 0 Å². The third-order valence-corrected chi connectivity index (χ3v) is 5.19. The molecular weight excluding hydrogens is 366 g/mol. The molecule has 0 aliphatic carbocycles. The number of nitrogens with one attached hydrogen (secondary N) is 4. The minimum atomic E-state index is -0.914. The van der Waals surface area contributed by atoms with E-state index in [0.717, 1.165) is 0 Å². The maximum atomic E-state index is 13.1. The number of nitrogens with zero attached hydrogens (tertiary/aromatic N) is 2. The van der Waals surface area contributed by atoms with Crippen molar-refractivity contribution >= 4 is 23.8 Å². The van der Waals surface area contributed by atoms with E-state index in [0.29, 0.717) is 31.5 Å². The lowest BCUT2D eigenvalue weighted by Crippen LogP contribution is -2.57. The highest BCUT2D eigenvalue weighted by atomic mass is 16.2. The quantitative estimate of drug-likeness (QED) is 0.376. The number of primary amides is 1. The molecule has 0 aromatic carbocycles. The first-order valence-corrected chi connectivity index (χ1v) is 9.35. The van der Waals surface area contributed by atoms with Gasteiger partial charge < -0.3 is 31.6 Å². The van der Waals surface area contributed by atoms with Gasteiger partial charge in [0.25, 0.3) is 0 Å². The Hall–Kier alpha value is -3.11. The molecule has 11 nitrogen and oxygen atoms in total. The second-order valence-corrected chi connectivity index (χ2v) is 7.04. The van der Waals surface area contributed by atoms with Crippen LogP contribution in [0.4, 0.5) is 4.79 Å². The predicted octanol–water partition coefficient (Wildman–Crippen LogP) is -1.63. The van der Waals surface area contributed by atoms with Crippen molar-refractivity contribution < 1.29 is 19.2 Å². The minimum Gasteiger partial charge on any atom is -0.368 e. The van der Waals surface area contributed by atoms with Crippen LogP contribution in [-0.4, -0.2) is 69.3 Å². The van der Waals surface area contributed by atoms with Gasteiger partial charge >= 0.3 is 6.03 Å². The van der Waals surface area contributed by atoms with Gasteiger partial charge in [-0.3, -0.25) is 14.4 Å². The van der Waals surface area contributed by atoms with Gasteiger partial charge in [0.2, 0.25) is 17.7 Å². The molecule has 0 bridgehead atoms. The number of nitrogens with two attached hydrogens (primary N) is 1. The first-order valence-electron chi connectivity index (χ1n) is 9.35. The Morgan fingerprint density at radius 2 is 2.18 bits per heavy atom. The maximum absolute atomic E-state index is 13.1. The van der Waals surface area contributed by atoms with Crippen molar-refractivity contribution in [1.29, 1.82) is 0 Å². The predicted molar refractivity (Wildman–Crippen MR) is 97.7 cm³/mol. The van der Waals surface area contributed by atoms with E-state index < -0.39 is 36.0 Å². The Labute approximate surface area is 161 Å². The van der Waals surface area contributed by atoms with Crippen LogP contribution in [0.1, 0.15) is 31.9 Å². The highest BCUT2D eigenvalue weighted by Gasteiger charge is 2.40. The molecule has 4 unspecified atom stereocenters. The van der Waals surface area contributed by atoms with Crippen LogP contribution in [0.5, 0.6) is 0 Å². The number of carbonyl (C=O) groups excluding carboxylic acids is 4. The number of carbonyl (C=O) groups is 4. The van der Waals surface area contributed by atoms with Crippen molar-refractivity contribution in [1.82, 2.24) is 30.8 Å². The van der Waals surface area contributed by atoms with Gasteiger partial charge in [0.05, 0.1) is 12.4 Å². The first-order chi connectivity index (χ1) is 13.4. The lowest BCUT2D eigenvalue weighted by Gasteiger charge is -2.28. The van der Waals surface area contributed by atoms with E-state index >= 15 is 0 Å². The molecule has 3 heterocycles. The standard InChI is InChI=1S/C17H25N7O4/c1-2-10-13(23-17(28)22-10)15(26)21-11(6-9-7-19-8-20-9)16(27)24-5-3-4-12(24)14(18)25/h7-8,10-13H,2-6H2,1H3,(H2,18,25)(H,19,20)(H,21,26)(H2,22,23,28). The summed E-state index contributed by atoms with van der Waals surface area (Å²) in [6.07, 6.45) is 4.96. The monoisotopic (exact) mass is 391 g/mol. The summed E-state index contributed by atoms with van der Waals surface area (Å²) in [6.45, 7) is 2.26. The fourth-order valence-corrected chi connectivity index (χ4v) is 3.73. The summed E-state index contributed by atoms with van der Waals surface area (Å²) in [5.41, 5.74) is 6.08. The molecule has 0 spiro atoms. The summed E-state index contributed by atoms with van der Waals surface area (Å²) in [6, 6.07) is -3.15. The summed E-state index contributed by atoms with van der Waals surface area (Å²) in [5, 5.41) is 7.98. The SMILES string of the molecule is CCC1NC(=O)NC1C(=O)NC(Cc1cnc[nH]1)C(=O)N1CCCC1C(N)=O. The highest BCUT2D eigenvalue weighted by molar-refractivity contribution is 5.96. The molecule has 2 aliphatic rings. The zero-order chi connectivity index (χ0) is 20.3. The largest absolute Gasteiger partial charge is 0.368 e. The zero-order valence-electron chi connectivity index (χ0n) is 15.6. The third-order valence-electron chi connectivity index (χ3n) is 5.19. The van der Waals surface area contributed by atoms with E-state index in [2.05, 4.69) is 25.9 Å². The second-order valence-electron chi connectivity index (χ2n) is 7.04. The van der Waals surface area contributed by atoms with Gasteiger partial charge in [0, 0.05) is 24.9 Å². The summed E-state index contributed by atoms with van der Waals surface area (Å²) in [5.74, 6) is -1.40. The molecule has 2 fully saturated rings. The number of amides is 5. The van der Waals surface area contributed by atoms with E-state index in [1.165, 1.54) is 11.2 Å². The van der Waals surface area contributed by atoms with E-state index in [1.54, 1.807) is 6.20 Å². The zero-order valence-corrected chi connectivity index (χ0v) is 15.6. The second kappa shape index (κ2) is 8.28. The molecule has 1 aromatic heterocycles. The van der Waals surface area contributed by atoms with Gasteiger partial charge in [-0.05, 0) is 19.3 Å². The number of aromatic amines is 1. The Morgan fingerprint density at radius 1 is 1.39 bits per heavy atom. The van der Waals surface area contributed by atoms with E-state index in [9.17, 15) is 19.2 Å². The van der Waals surface area contributed by atoms with Crippen LogP contribution in [0.15, 0.2) is 12.5 Å². The molecule has 5 amide bonds. The maximum Gasteiger partial charge on any atom is 0.315 e. The molecule has 2 saturated heterocycles. The van der Waals surface area contributed by atoms with Crippen molar-refractivity contribution in [2.75, 3.05) is 6.54 Å². The number of likely N-dealkylation sites (tertiary alicyclic amines) is 1. The summed E-state index contributed by atoms with van der Waals surface area (Å²) in [7, 11) is 0. The number of rotatable bonds is 7. The topological polar surface area (TPSA) is 162 Å². The van der Waals surface area contributed by atoms with Crippen LogP contribution < -0.4 is 21.7 Å². The van der Waals surface area contributed by atoms with Crippen LogP contribution in [-0.2, 0) is 20.8 Å². The van der Waals surface area contributed by atoms with Crippen molar-refractivity contribution in [3.63, 3.8) is 0 Å². The van der Waals surface area contributed by atoms with Crippen LogP contribution in [0.2, 0.25) is 0 Å². The van der Waals surface area contributed by atoms with E-state index in [4.69, 9.17) is 5.73 Å². The van der Waals surface area contributed by atoms with Crippen molar-refractivity contribution in [3.05, 3.63) is 18.2 Å². The number of imidazole rings is 1. The van der Waals surface area contributed by atoms with Crippen molar-refractivity contribution in [2.24, 2.45) is 5.73 Å². The van der Waals surface area contributed by atoms with Gasteiger partial charge in [-0.2, -0.15) is 0 Å². The van der Waals surface area contributed by atoms with Gasteiger partial charge in [-0.15, -0.1) is 0 Å². The van der Waals surface area contributed by atoms with Crippen LogP contribution >= 0.6 is 0 Å². The summed E-state index contributed by atoms with van der Waals surface area (Å²) >= 11 is 0. The molecule has 28 heavy (non-hydrogen) atoms. The molecule has 152 valence electrons. The molecule has 0 saturated carbocycles. The van der Waals surface area contributed by atoms with Crippen LogP contribution in [0, 0.1) is 0 Å². The average molecular weight is 391 g/mol. The van der Waals surface area contributed by atoms with Gasteiger partial charge in [-0.1, -0.05) is 6.92 Å². The highest BCUT2D eigenvalue weighted by Crippen LogP contribution is 2.19.